The molecule has 1 aromatic heterocycles. The normalized spacial score (nSPS) is 10.5. The molecular formula is C18H11FN2O7. The smallest absolute Gasteiger partial charge is 0.351 e. The minimum Gasteiger partial charge on any atom is -0.452 e. The molecule has 1 amide bonds. The van der Waals surface area contributed by atoms with Gasteiger partial charge in [-0.15, -0.1) is 0 Å². The molecule has 3 rings (SSSR count). The van der Waals surface area contributed by atoms with E-state index in [9.17, 15) is 28.9 Å². The van der Waals surface area contributed by atoms with Gasteiger partial charge in [-0.05, 0) is 18.2 Å². The molecule has 0 bridgehead atoms. The second kappa shape index (κ2) is 7.66. The molecule has 0 unspecified atom stereocenters. The topological polar surface area (TPSA) is 129 Å². The van der Waals surface area contributed by atoms with E-state index in [0.717, 1.165) is 18.2 Å². The van der Waals surface area contributed by atoms with Gasteiger partial charge in [-0.2, -0.15) is 0 Å². The molecule has 28 heavy (non-hydrogen) atoms. The van der Waals surface area contributed by atoms with Crippen molar-refractivity contribution in [2.75, 3.05) is 11.9 Å². The molecule has 0 saturated carbocycles. The lowest BCUT2D eigenvalue weighted by Crippen LogP contribution is -2.24. The van der Waals surface area contributed by atoms with Crippen molar-refractivity contribution in [2.24, 2.45) is 0 Å². The number of anilines is 1. The molecule has 3 aromatic rings. The average Bonchev–Trinajstić information content (AvgIpc) is 2.67. The summed E-state index contributed by atoms with van der Waals surface area (Å²) in [4.78, 5) is 45.7. The van der Waals surface area contributed by atoms with Gasteiger partial charge in [-0.1, -0.05) is 18.2 Å². The Hall–Kier alpha value is -4.08. The second-order valence-electron chi connectivity index (χ2n) is 5.53. The van der Waals surface area contributed by atoms with Crippen molar-refractivity contribution in [2.45, 2.75) is 0 Å². The Bertz CT molecular complexity index is 1160. The molecule has 0 fully saturated rings. The van der Waals surface area contributed by atoms with Crippen LogP contribution in [0.4, 0.5) is 15.8 Å². The lowest BCUT2D eigenvalue weighted by molar-refractivity contribution is -0.384. The van der Waals surface area contributed by atoms with Crippen molar-refractivity contribution < 1.29 is 28.1 Å². The molecule has 0 radical (unpaired) electrons. The van der Waals surface area contributed by atoms with Gasteiger partial charge < -0.3 is 14.5 Å². The molecule has 0 spiro atoms. The lowest BCUT2D eigenvalue weighted by atomic mass is 10.2. The molecular weight excluding hydrogens is 375 g/mol. The number of nitro benzene ring substituents is 1. The molecule has 10 heteroatoms. The number of halogens is 1. The lowest BCUT2D eigenvalue weighted by Gasteiger charge is -2.07. The van der Waals surface area contributed by atoms with E-state index in [4.69, 9.17) is 9.15 Å². The quantitative estimate of drug-likeness (QED) is 0.309. The van der Waals surface area contributed by atoms with Crippen LogP contribution in [0.5, 0.6) is 0 Å². The molecule has 0 saturated heterocycles. The van der Waals surface area contributed by atoms with E-state index in [2.05, 4.69) is 5.32 Å². The zero-order valence-corrected chi connectivity index (χ0v) is 14.0. The number of nitrogens with one attached hydrogen (secondary N) is 1. The molecule has 2 aromatic carbocycles. The number of para-hydroxylation sites is 1. The first-order valence-electron chi connectivity index (χ1n) is 7.79. The number of nitrogens with zero attached hydrogens (tertiary/aromatic N) is 1. The predicted molar refractivity (Wildman–Crippen MR) is 94.5 cm³/mol. The highest BCUT2D eigenvalue weighted by Gasteiger charge is 2.18. The fraction of sp³-hybridized carbons (Fsp3) is 0.0556. The van der Waals surface area contributed by atoms with E-state index in [1.165, 1.54) is 6.07 Å². The zero-order valence-electron chi connectivity index (χ0n) is 14.0. The molecule has 0 aliphatic rings. The number of amides is 1. The van der Waals surface area contributed by atoms with Gasteiger partial charge in [0.25, 0.3) is 11.6 Å². The molecule has 9 nitrogen and oxygen atoms in total. The van der Waals surface area contributed by atoms with Crippen LogP contribution in [0.25, 0.3) is 11.0 Å². The minimum absolute atomic E-state index is 0.281. The third-order valence-electron chi connectivity index (χ3n) is 3.63. The van der Waals surface area contributed by atoms with Gasteiger partial charge in [0.05, 0.1) is 10.6 Å². The number of esters is 1. The fourth-order valence-electron chi connectivity index (χ4n) is 2.32. The van der Waals surface area contributed by atoms with E-state index < -0.39 is 51.8 Å². The van der Waals surface area contributed by atoms with Gasteiger partial charge >= 0.3 is 11.6 Å². The first-order valence-corrected chi connectivity index (χ1v) is 7.79. The van der Waals surface area contributed by atoms with Crippen LogP contribution in [-0.2, 0) is 9.53 Å². The second-order valence-corrected chi connectivity index (χ2v) is 5.53. The molecule has 0 atom stereocenters. The van der Waals surface area contributed by atoms with Crippen molar-refractivity contribution in [1.82, 2.24) is 0 Å². The van der Waals surface area contributed by atoms with Gasteiger partial charge in [-0.3, -0.25) is 14.9 Å². The number of carbonyl (C=O) groups excluding carboxylic acids is 2. The Kier molecular flexibility index (Phi) is 5.12. The van der Waals surface area contributed by atoms with Gasteiger partial charge in [-0.25, -0.2) is 14.0 Å². The highest BCUT2D eigenvalue weighted by Crippen LogP contribution is 2.21. The van der Waals surface area contributed by atoms with Gasteiger partial charge in [0.15, 0.2) is 6.61 Å². The van der Waals surface area contributed by atoms with Crippen LogP contribution in [0.2, 0.25) is 0 Å². The summed E-state index contributed by atoms with van der Waals surface area (Å²) >= 11 is 0. The van der Waals surface area contributed by atoms with Crippen molar-refractivity contribution in [3.8, 4) is 0 Å². The predicted octanol–water partition coefficient (Wildman–Crippen LogP) is 2.64. The summed E-state index contributed by atoms with van der Waals surface area (Å²) in [6.07, 6.45) is 0. The Morgan fingerprint density at radius 2 is 1.93 bits per heavy atom. The Balaban J connectivity index is 1.69. The Labute approximate surface area is 155 Å². The highest BCUT2D eigenvalue weighted by atomic mass is 19.1. The summed E-state index contributed by atoms with van der Waals surface area (Å²) in [5, 5.41) is 13.3. The number of hydrogen-bond acceptors (Lipinski definition) is 7. The third-order valence-corrected chi connectivity index (χ3v) is 3.63. The van der Waals surface area contributed by atoms with E-state index in [1.54, 1.807) is 24.3 Å². The first-order chi connectivity index (χ1) is 13.3. The Morgan fingerprint density at radius 3 is 2.68 bits per heavy atom. The van der Waals surface area contributed by atoms with E-state index >= 15 is 0 Å². The SMILES string of the molecule is O=C(COC(=O)c1cc2ccccc2oc1=O)Nc1cc([N+](=O)[O-])ccc1F. The van der Waals surface area contributed by atoms with Crippen LogP contribution >= 0.6 is 0 Å². The number of non-ortho nitro benzene ring substituents is 1. The van der Waals surface area contributed by atoms with Crippen LogP contribution < -0.4 is 10.9 Å². The average molecular weight is 386 g/mol. The molecule has 1 heterocycles. The van der Waals surface area contributed by atoms with Crippen molar-refractivity contribution in [3.63, 3.8) is 0 Å². The number of fused-ring (bicyclic) bond motifs is 1. The first kappa shape index (κ1) is 18.7. The number of nitro groups is 1. The molecule has 0 aliphatic heterocycles. The standard InChI is InChI=1S/C18H11FN2O7/c19-13-6-5-11(21(25)26)8-14(13)20-16(22)9-27-17(23)12-7-10-3-1-2-4-15(10)28-18(12)24/h1-8H,9H2,(H,20,22). The maximum Gasteiger partial charge on any atom is 0.351 e. The number of rotatable bonds is 5. The molecule has 1 N–H and O–H groups in total. The van der Waals surface area contributed by atoms with Crippen LogP contribution in [-0.4, -0.2) is 23.4 Å². The minimum atomic E-state index is -1.10. The van der Waals surface area contributed by atoms with Gasteiger partial charge in [0.1, 0.15) is 17.0 Å². The third kappa shape index (κ3) is 4.01. The zero-order chi connectivity index (χ0) is 20.3. The summed E-state index contributed by atoms with van der Waals surface area (Å²) in [6.45, 7) is -0.840. The fourth-order valence-corrected chi connectivity index (χ4v) is 2.32. The highest BCUT2D eigenvalue weighted by molar-refractivity contribution is 5.96. The number of carbonyl (C=O) groups is 2. The van der Waals surface area contributed by atoms with E-state index in [0.29, 0.717) is 5.39 Å². The van der Waals surface area contributed by atoms with Crippen molar-refractivity contribution in [3.05, 3.63) is 80.4 Å². The summed E-state index contributed by atoms with van der Waals surface area (Å²) in [5.41, 5.74) is -1.94. The number of ether oxygens (including phenoxy) is 1. The number of hydrogen-bond donors (Lipinski definition) is 1. The van der Waals surface area contributed by atoms with Crippen LogP contribution in [0.3, 0.4) is 0 Å². The van der Waals surface area contributed by atoms with Gasteiger partial charge in [0, 0.05) is 17.5 Å². The Morgan fingerprint density at radius 1 is 1.18 bits per heavy atom. The maximum atomic E-state index is 13.7. The summed E-state index contributed by atoms with van der Waals surface area (Å²) in [6, 6.07) is 10.3. The van der Waals surface area contributed by atoms with Crippen LogP contribution in [0.1, 0.15) is 10.4 Å². The summed E-state index contributed by atoms with van der Waals surface area (Å²) in [5.74, 6) is -2.95. The van der Waals surface area contributed by atoms with Crippen LogP contribution in [0.15, 0.2) is 57.7 Å². The molecule has 142 valence electrons. The monoisotopic (exact) mass is 386 g/mol. The van der Waals surface area contributed by atoms with Crippen LogP contribution in [0, 0.1) is 15.9 Å². The van der Waals surface area contributed by atoms with Crippen molar-refractivity contribution in [1.29, 1.82) is 0 Å². The van der Waals surface area contributed by atoms with Gasteiger partial charge in [0.2, 0.25) is 0 Å². The summed E-state index contributed by atoms with van der Waals surface area (Å²) in [7, 11) is 0. The maximum absolute atomic E-state index is 13.7. The summed E-state index contributed by atoms with van der Waals surface area (Å²) < 4.78 is 23.4. The van der Waals surface area contributed by atoms with Crippen molar-refractivity contribution >= 4 is 34.2 Å². The van der Waals surface area contributed by atoms with E-state index in [-0.39, 0.29) is 5.58 Å². The molecule has 0 aliphatic carbocycles. The van der Waals surface area contributed by atoms with E-state index in [1.807, 2.05) is 0 Å². The number of benzene rings is 2. The largest absolute Gasteiger partial charge is 0.452 e.